The van der Waals surface area contributed by atoms with Crippen LogP contribution in [0.3, 0.4) is 0 Å². The van der Waals surface area contributed by atoms with Crippen molar-refractivity contribution in [2.45, 2.75) is 63.4 Å². The van der Waals surface area contributed by atoms with Crippen LogP contribution in [-0.2, 0) is 22.7 Å². The normalized spacial score (nSPS) is 23.5. The number of aliphatic hydroxyl groups is 2. The van der Waals surface area contributed by atoms with Crippen LogP contribution in [0.4, 0.5) is 0 Å². The van der Waals surface area contributed by atoms with Gasteiger partial charge in [0.1, 0.15) is 12.1 Å². The summed E-state index contributed by atoms with van der Waals surface area (Å²) in [5.41, 5.74) is 9.26. The van der Waals surface area contributed by atoms with E-state index in [-0.39, 0.29) is 13.2 Å². The molecule has 1 saturated heterocycles. The molecule has 0 radical (unpaired) electrons. The van der Waals surface area contributed by atoms with Crippen molar-refractivity contribution < 1.29 is 19.8 Å². The second-order valence-corrected chi connectivity index (χ2v) is 11.4. The molecule has 2 fully saturated rings. The molecular weight excluding hydrogens is 492 g/mol. The van der Waals surface area contributed by atoms with Crippen LogP contribution in [0.5, 0.6) is 0 Å². The molecule has 2 aliphatic rings. The maximum absolute atomic E-state index is 12.2. The molecule has 1 aliphatic heterocycles. The monoisotopic (exact) mass is 538 g/mol. The molecule has 2 aromatic rings. The molecule has 4 unspecified atom stereocenters. The molecule has 4 atom stereocenters. The zero-order valence-corrected chi connectivity index (χ0v) is 23.5. The summed E-state index contributed by atoms with van der Waals surface area (Å²) in [6.07, 6.45) is 5.79. The lowest BCUT2D eigenvalue weighted by atomic mass is 9.80. The molecular formula is C31H46N4O4. The number of nitrogens with zero attached hydrogens (tertiary/aromatic N) is 3. The Balaban J connectivity index is 1.57. The van der Waals surface area contributed by atoms with E-state index in [2.05, 4.69) is 72.4 Å². The largest absolute Gasteiger partial charge is 0.396 e. The fourth-order valence-corrected chi connectivity index (χ4v) is 6.38. The molecule has 8 heteroatoms. The first-order valence-corrected chi connectivity index (χ1v) is 14.4. The highest BCUT2D eigenvalue weighted by atomic mass is 16.7. The highest BCUT2D eigenvalue weighted by Crippen LogP contribution is 2.39. The van der Waals surface area contributed by atoms with Crippen molar-refractivity contribution in [3.8, 4) is 0 Å². The van der Waals surface area contributed by atoms with Crippen molar-refractivity contribution in [3.05, 3.63) is 71.3 Å². The van der Waals surface area contributed by atoms with Gasteiger partial charge in [-0.1, -0.05) is 73.9 Å². The third-order valence-corrected chi connectivity index (χ3v) is 8.33. The van der Waals surface area contributed by atoms with Crippen molar-refractivity contribution in [2.24, 2.45) is 17.6 Å². The predicted octanol–water partition coefficient (Wildman–Crippen LogP) is 2.94. The fourth-order valence-electron chi connectivity index (χ4n) is 6.38. The quantitative estimate of drug-likeness (QED) is 0.360. The summed E-state index contributed by atoms with van der Waals surface area (Å²) < 4.78 is 0. The molecule has 0 aromatic heterocycles. The minimum absolute atomic E-state index is 0.280. The third-order valence-electron chi connectivity index (χ3n) is 8.33. The highest BCUT2D eigenvalue weighted by Gasteiger charge is 2.45. The average Bonchev–Trinajstić information content (AvgIpc) is 3.30. The summed E-state index contributed by atoms with van der Waals surface area (Å²) in [6.45, 7) is 2.53. The van der Waals surface area contributed by atoms with Crippen LogP contribution in [-0.4, -0.2) is 83.5 Å². The number of carbonyl (C=O) groups excluding carboxylic acids is 1. The Hall–Kier alpha value is -2.33. The number of benzene rings is 2. The van der Waals surface area contributed by atoms with Crippen LogP contribution in [0.25, 0.3) is 0 Å². The van der Waals surface area contributed by atoms with Crippen molar-refractivity contribution >= 4 is 5.91 Å². The Morgan fingerprint density at radius 2 is 1.72 bits per heavy atom. The highest BCUT2D eigenvalue weighted by molar-refractivity contribution is 5.80. The fraction of sp³-hybridized carbons (Fsp3) is 0.581. The van der Waals surface area contributed by atoms with Crippen LogP contribution < -0.4 is 5.73 Å². The number of carbonyl (C=O) groups is 1. The Morgan fingerprint density at radius 1 is 1.00 bits per heavy atom. The molecule has 4 N–H and O–H groups in total. The van der Waals surface area contributed by atoms with E-state index in [0.717, 1.165) is 25.2 Å². The van der Waals surface area contributed by atoms with E-state index in [4.69, 9.17) is 10.6 Å². The Bertz CT molecular complexity index is 1030. The first kappa shape index (κ1) is 29.6. The van der Waals surface area contributed by atoms with Crippen molar-refractivity contribution in [3.63, 3.8) is 0 Å². The standard InChI is InChI=1S/C31H46N4O4/c1-33(2)16-17-34(29(25-12-5-3-6-13-25)26-14-7-4-8-15-26)19-23-10-9-11-24(18-23)20-35-30(31(32)38)27(21-36)28(22-37)39-35/h3,5-6,9-13,18,26-30,36-37H,4,7-8,14-17,19-22H2,1-2H3,(H2,32,38). The molecule has 1 saturated carbocycles. The van der Waals surface area contributed by atoms with Crippen molar-refractivity contribution in [2.75, 3.05) is 40.4 Å². The second-order valence-electron chi connectivity index (χ2n) is 11.4. The van der Waals surface area contributed by atoms with Gasteiger partial charge in [-0.25, -0.2) is 0 Å². The number of primary amides is 1. The van der Waals surface area contributed by atoms with E-state index in [9.17, 15) is 15.0 Å². The molecule has 4 rings (SSSR count). The zero-order chi connectivity index (χ0) is 27.8. The molecule has 1 amide bonds. The number of amides is 1. The molecule has 0 bridgehead atoms. The van der Waals surface area contributed by atoms with Gasteiger partial charge in [-0.15, -0.1) is 0 Å². The van der Waals surface area contributed by atoms with Gasteiger partial charge in [0.15, 0.2) is 0 Å². The second kappa shape index (κ2) is 14.3. The van der Waals surface area contributed by atoms with E-state index in [1.807, 2.05) is 6.07 Å². The number of likely N-dealkylation sites (N-methyl/N-ethyl adjacent to an activating group) is 1. The number of hydrogen-bond acceptors (Lipinski definition) is 7. The van der Waals surface area contributed by atoms with Gasteiger partial charge in [-0.3, -0.25) is 14.5 Å². The van der Waals surface area contributed by atoms with Crippen LogP contribution in [0.1, 0.15) is 54.8 Å². The smallest absolute Gasteiger partial charge is 0.237 e. The molecule has 8 nitrogen and oxygen atoms in total. The van der Waals surface area contributed by atoms with Crippen LogP contribution >= 0.6 is 0 Å². The number of hydroxylamine groups is 2. The summed E-state index contributed by atoms with van der Waals surface area (Å²) in [5, 5.41) is 21.1. The van der Waals surface area contributed by atoms with Crippen LogP contribution in [0.2, 0.25) is 0 Å². The van der Waals surface area contributed by atoms with E-state index >= 15 is 0 Å². The minimum Gasteiger partial charge on any atom is -0.396 e. The first-order chi connectivity index (χ1) is 18.9. The zero-order valence-electron chi connectivity index (χ0n) is 23.5. The summed E-state index contributed by atoms with van der Waals surface area (Å²) in [5.74, 6) is -0.486. The van der Waals surface area contributed by atoms with Gasteiger partial charge in [-0.2, -0.15) is 5.06 Å². The molecule has 39 heavy (non-hydrogen) atoms. The summed E-state index contributed by atoms with van der Waals surface area (Å²) >= 11 is 0. The maximum Gasteiger partial charge on any atom is 0.237 e. The van der Waals surface area contributed by atoms with E-state index in [1.54, 1.807) is 0 Å². The molecule has 1 aliphatic carbocycles. The van der Waals surface area contributed by atoms with Gasteiger partial charge < -0.3 is 20.8 Å². The molecule has 2 aromatic carbocycles. The number of rotatable bonds is 13. The summed E-state index contributed by atoms with van der Waals surface area (Å²) in [4.78, 5) is 23.0. The van der Waals surface area contributed by atoms with Gasteiger partial charge in [0, 0.05) is 31.6 Å². The SMILES string of the molecule is CN(C)CCN(Cc1cccc(CN2OC(CO)C(CO)C2C(N)=O)c1)C(c1ccccc1)C1CCCCC1. The lowest BCUT2D eigenvalue weighted by Gasteiger charge is -2.40. The van der Waals surface area contributed by atoms with Gasteiger partial charge in [-0.05, 0) is 49.5 Å². The predicted molar refractivity (Wildman–Crippen MR) is 152 cm³/mol. The minimum atomic E-state index is -0.791. The Morgan fingerprint density at radius 3 is 2.36 bits per heavy atom. The van der Waals surface area contributed by atoms with Gasteiger partial charge in [0.05, 0.1) is 19.8 Å². The lowest BCUT2D eigenvalue weighted by Crippen LogP contribution is -2.44. The van der Waals surface area contributed by atoms with Crippen molar-refractivity contribution in [1.82, 2.24) is 14.9 Å². The van der Waals surface area contributed by atoms with E-state index in [1.165, 1.54) is 48.3 Å². The molecule has 1 heterocycles. The third kappa shape index (κ3) is 7.66. The Kier molecular flexibility index (Phi) is 10.9. The van der Waals surface area contributed by atoms with Crippen LogP contribution in [0.15, 0.2) is 54.6 Å². The molecule has 0 spiro atoms. The summed E-state index contributed by atoms with van der Waals surface area (Å²) in [7, 11) is 4.25. The molecule has 214 valence electrons. The lowest BCUT2D eigenvalue weighted by molar-refractivity contribution is -0.180. The number of nitrogens with two attached hydrogens (primary N) is 1. The average molecular weight is 539 g/mol. The maximum atomic E-state index is 12.2. The number of hydrogen-bond donors (Lipinski definition) is 3. The summed E-state index contributed by atoms with van der Waals surface area (Å²) in [6, 6.07) is 18.9. The van der Waals surface area contributed by atoms with Gasteiger partial charge in [0.25, 0.3) is 0 Å². The number of aliphatic hydroxyl groups excluding tert-OH is 2. The van der Waals surface area contributed by atoms with Gasteiger partial charge >= 0.3 is 0 Å². The van der Waals surface area contributed by atoms with E-state index < -0.39 is 24.0 Å². The Labute approximate surface area is 233 Å². The van der Waals surface area contributed by atoms with Crippen LogP contribution in [0, 0.1) is 11.8 Å². The topological polar surface area (TPSA) is 102 Å². The first-order valence-electron chi connectivity index (χ1n) is 14.4. The van der Waals surface area contributed by atoms with Gasteiger partial charge in [0.2, 0.25) is 5.91 Å². The van der Waals surface area contributed by atoms with Crippen molar-refractivity contribution in [1.29, 1.82) is 0 Å². The van der Waals surface area contributed by atoms with E-state index in [0.29, 0.717) is 18.5 Å².